The smallest absolute Gasteiger partial charge is 0.416 e. The first-order chi connectivity index (χ1) is 18.0. The van der Waals surface area contributed by atoms with Crippen LogP contribution in [0.4, 0.5) is 18.9 Å². The number of nitrogens with one attached hydrogen (secondary N) is 2. The zero-order valence-corrected chi connectivity index (χ0v) is 21.9. The minimum Gasteiger partial charge on any atom is -0.497 e. The molecule has 3 aromatic rings. The number of carbonyl (C=O) groups excluding carboxylic acids is 2. The summed E-state index contributed by atoms with van der Waals surface area (Å²) in [6.45, 7) is 7.95. The van der Waals surface area contributed by atoms with E-state index >= 15 is 0 Å². The number of anilines is 1. The second-order valence-electron chi connectivity index (χ2n) is 8.58. The van der Waals surface area contributed by atoms with Gasteiger partial charge in [0.2, 0.25) is 5.91 Å². The molecule has 12 heteroatoms. The summed E-state index contributed by atoms with van der Waals surface area (Å²) >= 11 is 1.07. The molecule has 0 bridgehead atoms. The summed E-state index contributed by atoms with van der Waals surface area (Å²) in [5.41, 5.74) is -0.360. The fourth-order valence-electron chi connectivity index (χ4n) is 3.53. The molecule has 38 heavy (non-hydrogen) atoms. The zero-order valence-electron chi connectivity index (χ0n) is 21.1. The average molecular weight is 548 g/mol. The number of halogens is 3. The maximum Gasteiger partial charge on any atom is 0.416 e. The highest BCUT2D eigenvalue weighted by molar-refractivity contribution is 7.99. The Morgan fingerprint density at radius 1 is 1.16 bits per heavy atom. The Hall–Kier alpha value is -3.80. The Morgan fingerprint density at radius 2 is 1.87 bits per heavy atom. The van der Waals surface area contributed by atoms with Gasteiger partial charge in [-0.25, -0.2) is 0 Å². The maximum atomic E-state index is 12.9. The van der Waals surface area contributed by atoms with Crippen LogP contribution >= 0.6 is 11.8 Å². The molecule has 2 amide bonds. The van der Waals surface area contributed by atoms with Crippen molar-refractivity contribution in [2.24, 2.45) is 5.92 Å². The minimum absolute atomic E-state index is 0.0415. The van der Waals surface area contributed by atoms with E-state index in [0.717, 1.165) is 23.9 Å². The third-order valence-corrected chi connectivity index (χ3v) is 6.41. The first kappa shape index (κ1) is 28.8. The number of hydrogen-bond donors (Lipinski definition) is 2. The summed E-state index contributed by atoms with van der Waals surface area (Å²) in [6, 6.07) is 10.6. The number of amides is 2. The van der Waals surface area contributed by atoms with Crippen molar-refractivity contribution in [1.29, 1.82) is 0 Å². The van der Waals surface area contributed by atoms with Gasteiger partial charge < -0.3 is 19.9 Å². The molecule has 0 saturated carbocycles. The fraction of sp³-hybridized carbons (Fsp3) is 0.308. The first-order valence-corrected chi connectivity index (χ1v) is 12.6. The van der Waals surface area contributed by atoms with Crippen molar-refractivity contribution >= 4 is 29.3 Å². The number of carbonyl (C=O) groups is 2. The third kappa shape index (κ3) is 7.37. The van der Waals surface area contributed by atoms with Crippen LogP contribution in [0, 0.1) is 5.92 Å². The summed E-state index contributed by atoms with van der Waals surface area (Å²) in [7, 11) is 1.54. The van der Waals surface area contributed by atoms with Crippen molar-refractivity contribution in [2.45, 2.75) is 37.8 Å². The number of benzene rings is 2. The van der Waals surface area contributed by atoms with Crippen LogP contribution in [0.2, 0.25) is 0 Å². The summed E-state index contributed by atoms with van der Waals surface area (Å²) in [5.74, 6) is 0.156. The van der Waals surface area contributed by atoms with Crippen molar-refractivity contribution in [1.82, 2.24) is 20.1 Å². The van der Waals surface area contributed by atoms with Gasteiger partial charge in [0.1, 0.15) is 5.75 Å². The Morgan fingerprint density at radius 3 is 2.47 bits per heavy atom. The van der Waals surface area contributed by atoms with Gasteiger partial charge in [-0.3, -0.25) is 9.59 Å². The predicted octanol–water partition coefficient (Wildman–Crippen LogP) is 5.35. The Labute approximate surface area is 222 Å². The van der Waals surface area contributed by atoms with Gasteiger partial charge in [-0.05, 0) is 48.4 Å². The molecule has 0 saturated heterocycles. The lowest BCUT2D eigenvalue weighted by Crippen LogP contribution is -2.33. The number of methoxy groups -OCH3 is 1. The maximum absolute atomic E-state index is 12.9. The first-order valence-electron chi connectivity index (χ1n) is 11.6. The standard InChI is InChI=1S/C26H28F3N5O3S/c1-5-13-34-23(22(16(2)3)31-24(36)17-9-11-20(37-4)12-10-17)32-33-25(34)38-15-21(35)30-19-8-6-7-18(14-19)26(27,28)29/h5-12,14,16,22H,1,13,15H2,2-4H3,(H,30,35)(H,31,36). The normalized spacial score (nSPS) is 12.2. The molecule has 0 aliphatic carbocycles. The highest BCUT2D eigenvalue weighted by atomic mass is 32.2. The molecule has 0 radical (unpaired) electrons. The number of allylic oxidation sites excluding steroid dienone is 1. The molecule has 0 spiro atoms. The van der Waals surface area contributed by atoms with Crippen LogP contribution in [0.25, 0.3) is 0 Å². The van der Waals surface area contributed by atoms with E-state index in [1.807, 2.05) is 13.8 Å². The summed E-state index contributed by atoms with van der Waals surface area (Å²) in [6.07, 6.45) is -2.87. The van der Waals surface area contributed by atoms with E-state index in [9.17, 15) is 22.8 Å². The van der Waals surface area contributed by atoms with Gasteiger partial charge in [0.25, 0.3) is 5.91 Å². The van der Waals surface area contributed by atoms with Gasteiger partial charge >= 0.3 is 6.18 Å². The van der Waals surface area contributed by atoms with Gasteiger partial charge in [0.15, 0.2) is 11.0 Å². The Balaban J connectivity index is 1.73. The van der Waals surface area contributed by atoms with Gasteiger partial charge in [-0.1, -0.05) is 37.8 Å². The molecule has 1 aromatic heterocycles. The number of nitrogens with zero attached hydrogens (tertiary/aromatic N) is 3. The van der Waals surface area contributed by atoms with E-state index in [2.05, 4.69) is 27.4 Å². The van der Waals surface area contributed by atoms with Gasteiger partial charge in [0.05, 0.1) is 24.5 Å². The fourth-order valence-corrected chi connectivity index (χ4v) is 4.29. The molecule has 1 atom stereocenters. The number of rotatable bonds is 11. The molecular formula is C26H28F3N5O3S. The number of alkyl halides is 3. The van der Waals surface area contributed by atoms with Crippen LogP contribution in [-0.4, -0.2) is 39.4 Å². The lowest BCUT2D eigenvalue weighted by atomic mass is 10.0. The SMILES string of the molecule is C=CCn1c(SCC(=O)Nc2cccc(C(F)(F)F)c2)nnc1C(NC(=O)c1ccc(OC)cc1)C(C)C. The number of thioether (sulfide) groups is 1. The quantitative estimate of drug-likeness (QED) is 0.248. The summed E-state index contributed by atoms with van der Waals surface area (Å²) in [5, 5.41) is 14.4. The largest absolute Gasteiger partial charge is 0.497 e. The second-order valence-corrected chi connectivity index (χ2v) is 9.52. The number of hydrogen-bond acceptors (Lipinski definition) is 6. The molecule has 8 nitrogen and oxygen atoms in total. The van der Waals surface area contributed by atoms with Crippen LogP contribution in [-0.2, 0) is 17.5 Å². The van der Waals surface area contributed by atoms with Crippen molar-refractivity contribution in [2.75, 3.05) is 18.2 Å². The van der Waals surface area contributed by atoms with Crippen LogP contribution in [0.1, 0.15) is 41.6 Å². The molecule has 0 fully saturated rings. The Kier molecular flexibility index (Phi) is 9.56. The predicted molar refractivity (Wildman–Crippen MR) is 139 cm³/mol. The van der Waals surface area contributed by atoms with Gasteiger partial charge in [-0.2, -0.15) is 13.2 Å². The number of ether oxygens (including phenoxy) is 1. The lowest BCUT2D eigenvalue weighted by molar-refractivity contribution is -0.137. The molecule has 2 N–H and O–H groups in total. The van der Waals surface area contributed by atoms with Crippen molar-refractivity contribution in [3.8, 4) is 5.75 Å². The Bertz CT molecular complexity index is 1280. The third-order valence-electron chi connectivity index (χ3n) is 5.45. The zero-order chi connectivity index (χ0) is 27.9. The van der Waals surface area contributed by atoms with E-state index in [-0.39, 0.29) is 23.3 Å². The second kappa shape index (κ2) is 12.6. The van der Waals surface area contributed by atoms with Crippen LogP contribution in [0.15, 0.2) is 66.3 Å². The molecule has 2 aromatic carbocycles. The molecule has 1 heterocycles. The molecule has 1 unspecified atom stereocenters. The van der Waals surface area contributed by atoms with Crippen molar-refractivity contribution in [3.63, 3.8) is 0 Å². The molecular weight excluding hydrogens is 519 g/mol. The van der Waals surface area contributed by atoms with Gasteiger partial charge in [0, 0.05) is 17.8 Å². The molecule has 3 rings (SSSR count). The van der Waals surface area contributed by atoms with Crippen LogP contribution < -0.4 is 15.4 Å². The highest BCUT2D eigenvalue weighted by Gasteiger charge is 2.30. The molecule has 0 aliphatic rings. The lowest BCUT2D eigenvalue weighted by Gasteiger charge is -2.22. The molecule has 202 valence electrons. The van der Waals surface area contributed by atoms with Gasteiger partial charge in [-0.15, -0.1) is 16.8 Å². The topological polar surface area (TPSA) is 98.1 Å². The summed E-state index contributed by atoms with van der Waals surface area (Å²) < 4.78 is 45.7. The van der Waals surface area contributed by atoms with E-state index in [0.29, 0.717) is 28.8 Å². The number of aromatic nitrogens is 3. The van der Waals surface area contributed by atoms with E-state index in [1.165, 1.54) is 12.1 Å². The van der Waals surface area contributed by atoms with Crippen molar-refractivity contribution in [3.05, 3.63) is 78.1 Å². The van der Waals surface area contributed by atoms with E-state index in [1.54, 1.807) is 42.0 Å². The average Bonchev–Trinajstić information content (AvgIpc) is 3.27. The summed E-state index contributed by atoms with van der Waals surface area (Å²) in [4.78, 5) is 25.4. The van der Waals surface area contributed by atoms with Crippen LogP contribution in [0.5, 0.6) is 5.75 Å². The molecule has 0 aliphatic heterocycles. The van der Waals surface area contributed by atoms with Crippen molar-refractivity contribution < 1.29 is 27.5 Å². The monoisotopic (exact) mass is 547 g/mol. The van der Waals surface area contributed by atoms with E-state index < -0.39 is 23.7 Å². The van der Waals surface area contributed by atoms with Crippen LogP contribution in [0.3, 0.4) is 0 Å². The van der Waals surface area contributed by atoms with E-state index in [4.69, 9.17) is 4.74 Å². The minimum atomic E-state index is -4.51. The highest BCUT2D eigenvalue weighted by Crippen LogP contribution is 2.31.